The lowest BCUT2D eigenvalue weighted by molar-refractivity contribution is -0.120. The number of H-pyrrole nitrogens is 1. The number of nitrogens with zero attached hydrogens (tertiary/aromatic N) is 2. The number of aromatic amines is 1. The molecule has 0 spiro atoms. The van der Waals surface area contributed by atoms with Crippen LogP contribution in [0.3, 0.4) is 0 Å². The molecule has 0 unspecified atom stereocenters. The van der Waals surface area contributed by atoms with Gasteiger partial charge in [-0.15, -0.1) is 0 Å². The lowest BCUT2D eigenvalue weighted by Crippen LogP contribution is -2.51. The number of fused-ring (bicyclic) bond motifs is 1. The third kappa shape index (κ3) is 3.91. The summed E-state index contributed by atoms with van der Waals surface area (Å²) in [5.41, 5.74) is 3.99. The quantitative estimate of drug-likeness (QED) is 0.809. The van der Waals surface area contributed by atoms with E-state index in [2.05, 4.69) is 4.98 Å². The summed E-state index contributed by atoms with van der Waals surface area (Å²) >= 11 is 0. The number of aromatic nitrogens is 1. The van der Waals surface area contributed by atoms with Gasteiger partial charge in [-0.1, -0.05) is 6.07 Å². The number of aryl methyl sites for hydroxylation is 1. The van der Waals surface area contributed by atoms with E-state index < -0.39 is 6.43 Å². The number of carbonyl (C=O) groups excluding carboxylic acids is 2. The van der Waals surface area contributed by atoms with Crippen molar-refractivity contribution in [3.63, 3.8) is 0 Å². The molecule has 29 heavy (non-hydrogen) atoms. The molecular formula is C22H25F2N3O2. The molecule has 1 atom stereocenters. The molecule has 1 aliphatic carbocycles. The summed E-state index contributed by atoms with van der Waals surface area (Å²) in [7, 11) is 0. The molecule has 1 N–H and O–H groups in total. The van der Waals surface area contributed by atoms with Crippen molar-refractivity contribution >= 4 is 23.2 Å². The molecule has 2 heterocycles. The fourth-order valence-corrected chi connectivity index (χ4v) is 4.06. The van der Waals surface area contributed by atoms with Crippen molar-refractivity contribution in [1.82, 2.24) is 4.98 Å². The van der Waals surface area contributed by atoms with Gasteiger partial charge in [0.25, 0.3) is 0 Å². The molecule has 7 heteroatoms. The van der Waals surface area contributed by atoms with Crippen LogP contribution < -0.4 is 9.80 Å². The molecule has 1 fully saturated rings. The minimum atomic E-state index is -2.33. The van der Waals surface area contributed by atoms with E-state index in [9.17, 15) is 18.4 Å². The maximum atomic E-state index is 12.9. The van der Waals surface area contributed by atoms with Crippen LogP contribution in [0, 0.1) is 5.92 Å². The molecule has 1 aromatic heterocycles. The third-order valence-electron chi connectivity index (χ3n) is 5.65. The van der Waals surface area contributed by atoms with Crippen LogP contribution >= 0.6 is 0 Å². The Balaban J connectivity index is 1.69. The van der Waals surface area contributed by atoms with E-state index >= 15 is 0 Å². The second-order valence-corrected chi connectivity index (χ2v) is 8.01. The third-order valence-corrected chi connectivity index (χ3v) is 5.65. The molecule has 0 bridgehead atoms. The van der Waals surface area contributed by atoms with Gasteiger partial charge in [0.05, 0.1) is 17.4 Å². The first kappa shape index (κ1) is 19.6. The number of anilines is 2. The molecule has 2 aromatic rings. The van der Waals surface area contributed by atoms with Crippen molar-refractivity contribution in [2.45, 2.75) is 52.0 Å². The Hall–Kier alpha value is -2.70. The molecule has 1 aliphatic heterocycles. The SMILES string of the molecule is CC(=O)N1c2ccc(-c3c[nH]c(CCC(F)F)c3)cc2N(C(=O)C2CC2)C[C@@H]1C. The standard InChI is InChI=1S/C22H25F2N3O2/c1-13-12-26(22(29)15-3-4-15)20-10-16(5-7-19(20)27(13)14(2)28)17-9-18(25-11-17)6-8-21(23)24/h5,7,9-11,13,15,21,25H,3-4,6,8,12H2,1-2H3/t13-/m0/s1. The van der Waals surface area contributed by atoms with Gasteiger partial charge in [0, 0.05) is 37.7 Å². The van der Waals surface area contributed by atoms with Crippen molar-refractivity contribution in [2.75, 3.05) is 16.3 Å². The summed E-state index contributed by atoms with van der Waals surface area (Å²) in [4.78, 5) is 31.7. The van der Waals surface area contributed by atoms with Crippen LogP contribution in [0.2, 0.25) is 0 Å². The number of carbonyl (C=O) groups is 2. The smallest absolute Gasteiger partial charge is 0.239 e. The second-order valence-electron chi connectivity index (χ2n) is 8.01. The summed E-state index contributed by atoms with van der Waals surface area (Å²) in [5.74, 6) is 0.141. The first-order valence-electron chi connectivity index (χ1n) is 10.1. The molecule has 4 rings (SSSR count). The van der Waals surface area contributed by atoms with Gasteiger partial charge >= 0.3 is 0 Å². The Kier molecular flexibility index (Phi) is 5.15. The van der Waals surface area contributed by atoms with Gasteiger partial charge in [0.2, 0.25) is 18.2 Å². The lowest BCUT2D eigenvalue weighted by atomic mass is 10.0. The molecule has 154 valence electrons. The first-order chi connectivity index (χ1) is 13.8. The highest BCUT2D eigenvalue weighted by Crippen LogP contribution is 2.42. The number of halogens is 2. The van der Waals surface area contributed by atoms with Crippen LogP contribution in [0.15, 0.2) is 30.5 Å². The maximum Gasteiger partial charge on any atom is 0.239 e. The van der Waals surface area contributed by atoms with Gasteiger partial charge in [-0.05, 0) is 55.5 Å². The van der Waals surface area contributed by atoms with Gasteiger partial charge in [-0.25, -0.2) is 8.78 Å². The van der Waals surface area contributed by atoms with Crippen molar-refractivity contribution in [1.29, 1.82) is 0 Å². The molecule has 0 saturated heterocycles. The summed E-state index contributed by atoms with van der Waals surface area (Å²) in [6.07, 6.45) is 1.40. The fraction of sp³-hybridized carbons (Fsp3) is 0.455. The van der Waals surface area contributed by atoms with Crippen molar-refractivity contribution in [3.8, 4) is 11.1 Å². The van der Waals surface area contributed by atoms with E-state index in [0.717, 1.165) is 41.0 Å². The minimum Gasteiger partial charge on any atom is -0.364 e. The number of amides is 2. The Labute approximate surface area is 168 Å². The predicted octanol–water partition coefficient (Wildman–Crippen LogP) is 4.38. The van der Waals surface area contributed by atoms with Crippen molar-refractivity contribution in [3.05, 3.63) is 36.2 Å². The molecule has 1 saturated carbocycles. The molecular weight excluding hydrogens is 376 g/mol. The Morgan fingerprint density at radius 2 is 1.93 bits per heavy atom. The Morgan fingerprint density at radius 1 is 1.17 bits per heavy atom. The number of rotatable bonds is 5. The summed E-state index contributed by atoms with van der Waals surface area (Å²) in [6, 6.07) is 7.48. The number of hydrogen-bond donors (Lipinski definition) is 1. The first-order valence-corrected chi connectivity index (χ1v) is 10.1. The van der Waals surface area contributed by atoms with Crippen LogP contribution in [0.1, 0.15) is 38.8 Å². The lowest BCUT2D eigenvalue weighted by Gasteiger charge is -2.41. The monoisotopic (exact) mass is 401 g/mol. The largest absolute Gasteiger partial charge is 0.364 e. The average Bonchev–Trinajstić information content (AvgIpc) is 3.42. The van der Waals surface area contributed by atoms with Gasteiger partial charge < -0.3 is 14.8 Å². The van der Waals surface area contributed by atoms with Crippen LogP contribution in [0.25, 0.3) is 11.1 Å². The zero-order chi connectivity index (χ0) is 20.7. The minimum absolute atomic E-state index is 0.0547. The summed E-state index contributed by atoms with van der Waals surface area (Å²) < 4.78 is 25.0. The highest BCUT2D eigenvalue weighted by atomic mass is 19.3. The molecule has 0 radical (unpaired) electrons. The highest BCUT2D eigenvalue weighted by molar-refractivity contribution is 6.06. The Morgan fingerprint density at radius 3 is 2.59 bits per heavy atom. The summed E-state index contributed by atoms with van der Waals surface area (Å²) in [5, 5.41) is 0. The number of nitrogens with one attached hydrogen (secondary N) is 1. The van der Waals surface area contributed by atoms with Gasteiger partial charge in [-0.2, -0.15) is 0 Å². The van der Waals surface area contributed by atoms with E-state index in [0.29, 0.717) is 6.54 Å². The second kappa shape index (κ2) is 7.61. The van der Waals surface area contributed by atoms with E-state index in [1.807, 2.05) is 36.1 Å². The normalized spacial score (nSPS) is 18.9. The molecule has 2 aliphatic rings. The Bertz CT molecular complexity index is 936. The maximum absolute atomic E-state index is 12.9. The van der Waals surface area contributed by atoms with E-state index in [-0.39, 0.29) is 36.6 Å². The van der Waals surface area contributed by atoms with Gasteiger partial charge in [0.15, 0.2) is 0 Å². The van der Waals surface area contributed by atoms with Crippen LogP contribution in [0.5, 0.6) is 0 Å². The van der Waals surface area contributed by atoms with E-state index in [1.54, 1.807) is 11.1 Å². The fourth-order valence-electron chi connectivity index (χ4n) is 4.06. The highest BCUT2D eigenvalue weighted by Gasteiger charge is 2.39. The van der Waals surface area contributed by atoms with Crippen molar-refractivity contribution < 1.29 is 18.4 Å². The van der Waals surface area contributed by atoms with Crippen LogP contribution in [-0.2, 0) is 16.0 Å². The van der Waals surface area contributed by atoms with Crippen molar-refractivity contribution in [2.24, 2.45) is 5.92 Å². The number of hydrogen-bond acceptors (Lipinski definition) is 2. The van der Waals surface area contributed by atoms with Gasteiger partial charge in [0.1, 0.15) is 0 Å². The topological polar surface area (TPSA) is 56.4 Å². The van der Waals surface area contributed by atoms with Crippen LogP contribution in [-0.4, -0.2) is 35.8 Å². The van der Waals surface area contributed by atoms with Crippen LogP contribution in [0.4, 0.5) is 20.2 Å². The number of alkyl halides is 2. The zero-order valence-electron chi connectivity index (χ0n) is 16.6. The van der Waals surface area contributed by atoms with Gasteiger partial charge in [-0.3, -0.25) is 9.59 Å². The zero-order valence-corrected chi connectivity index (χ0v) is 16.6. The van der Waals surface area contributed by atoms with E-state index in [1.165, 1.54) is 6.92 Å². The average molecular weight is 401 g/mol. The summed E-state index contributed by atoms with van der Waals surface area (Å²) in [6.45, 7) is 3.96. The van der Waals surface area contributed by atoms with E-state index in [4.69, 9.17) is 0 Å². The number of benzene rings is 1. The molecule has 5 nitrogen and oxygen atoms in total. The molecule has 1 aromatic carbocycles. The predicted molar refractivity (Wildman–Crippen MR) is 108 cm³/mol. The molecule has 2 amide bonds.